The molecular formula is H2S4. The summed E-state index contributed by atoms with van der Waals surface area (Å²) < 4.78 is 0. The molecule has 0 N–H and O–H groups in total. The van der Waals surface area contributed by atoms with Gasteiger partial charge in [0.15, 0.2) is 0 Å². The molecule has 0 aliphatic carbocycles. The lowest BCUT2D eigenvalue weighted by atomic mass is 30.4. The second-order valence-corrected chi connectivity index (χ2v) is 4.02. The number of hydrogen-bond donors (Lipinski definition) is 2. The molecule has 0 radical (unpaired) electrons. The van der Waals surface area contributed by atoms with E-state index < -0.39 is 0 Å². The molecule has 0 saturated heterocycles. The van der Waals surface area contributed by atoms with Gasteiger partial charge in [0.25, 0.3) is 0 Å². The van der Waals surface area contributed by atoms with Gasteiger partial charge in [-0.2, -0.15) is 0 Å². The highest BCUT2D eigenvalue weighted by molar-refractivity contribution is 9.21. The molecule has 0 aromatic heterocycles. The van der Waals surface area contributed by atoms with Gasteiger partial charge in [-0.15, -0.1) is 0 Å². The molecule has 0 heterocycles. The second-order valence-electron chi connectivity index (χ2n) is 0.149. The Bertz CT molecular complexity index is 2.00. The molecule has 0 amide bonds. The molecule has 0 fully saturated rings. The third kappa shape index (κ3) is 3.40. The van der Waals surface area contributed by atoms with Crippen molar-refractivity contribution in [2.24, 2.45) is 0 Å². The van der Waals surface area contributed by atoms with Crippen molar-refractivity contribution in [2.75, 3.05) is 0 Å². The number of hydrogen-bond acceptors (Lipinski definition) is 4. The Hall–Kier alpha value is 1.40. The average molecular weight is 130 g/mol. The Morgan fingerprint density at radius 3 is 1.25 bits per heavy atom. The van der Waals surface area contributed by atoms with E-state index in [2.05, 4.69) is 23.3 Å². The van der Waals surface area contributed by atoms with Crippen molar-refractivity contribution in [3.8, 4) is 0 Å². The van der Waals surface area contributed by atoms with Gasteiger partial charge < -0.3 is 0 Å². The molecule has 0 bridgehead atoms. The summed E-state index contributed by atoms with van der Waals surface area (Å²) in [6.45, 7) is 0. The zero-order chi connectivity index (χ0) is 3.41. The number of thiol groups is 2. The molecule has 0 rings (SSSR count). The van der Waals surface area contributed by atoms with Crippen molar-refractivity contribution in [3.63, 3.8) is 0 Å². The van der Waals surface area contributed by atoms with Crippen LogP contribution in [0.4, 0.5) is 0 Å². The smallest absolute Gasteiger partial charge is 0.0170 e. The fourth-order valence-electron chi connectivity index (χ4n) is 0. The standard InChI is InChI=1S/H2S4/c1-3-4-2/h1-2H. The van der Waals surface area contributed by atoms with Gasteiger partial charge in [0.2, 0.25) is 0 Å². The topological polar surface area (TPSA) is 0 Å². The third-order valence-corrected chi connectivity index (χ3v) is 2.70. The van der Waals surface area contributed by atoms with Crippen LogP contribution in [-0.4, -0.2) is 0 Å². The minimum absolute atomic E-state index is 1.33. The minimum atomic E-state index is 1.33. The average Bonchev–Trinajstić information content (AvgIpc) is 1.37. The molecule has 0 spiro atoms. The summed E-state index contributed by atoms with van der Waals surface area (Å²) in [5.41, 5.74) is 0. The largest absolute Gasteiger partial charge is 0.0989 e. The molecule has 0 aromatic rings. The highest BCUT2D eigenvalue weighted by atomic mass is 33.7. The number of rotatable bonds is 1. The third-order valence-electron chi connectivity index (χ3n) is 0.0333. The Kier molecular flexibility index (Phi) is 5.94. The van der Waals surface area contributed by atoms with Gasteiger partial charge in [-0.3, -0.25) is 0 Å². The van der Waals surface area contributed by atoms with Crippen LogP contribution in [0.1, 0.15) is 0 Å². The molecule has 4 heteroatoms. The normalized spacial score (nSPS) is 7.50. The summed E-state index contributed by atoms with van der Waals surface area (Å²) >= 11 is 7.45. The first-order valence-electron chi connectivity index (χ1n) is 0.532. The van der Waals surface area contributed by atoms with Gasteiger partial charge in [-0.1, -0.05) is 23.3 Å². The van der Waals surface area contributed by atoms with Crippen LogP contribution >= 0.6 is 43.0 Å². The van der Waals surface area contributed by atoms with Crippen molar-refractivity contribution in [2.45, 2.75) is 0 Å². The Morgan fingerprint density at radius 2 is 1.25 bits per heavy atom. The van der Waals surface area contributed by atoms with Crippen LogP contribution < -0.4 is 0 Å². The van der Waals surface area contributed by atoms with E-state index in [1.807, 2.05) is 0 Å². The van der Waals surface area contributed by atoms with Gasteiger partial charge in [0.1, 0.15) is 0 Å². The highest BCUT2D eigenvalue weighted by Gasteiger charge is 1.58. The van der Waals surface area contributed by atoms with Crippen molar-refractivity contribution in [1.29, 1.82) is 0 Å². The van der Waals surface area contributed by atoms with Crippen LogP contribution in [0.15, 0.2) is 0 Å². The Balaban J connectivity index is 1.97. The zero-order valence-electron chi connectivity index (χ0n) is 1.71. The van der Waals surface area contributed by atoms with E-state index in [1.54, 1.807) is 0 Å². The quantitative estimate of drug-likeness (QED) is 0.412. The van der Waals surface area contributed by atoms with Crippen LogP contribution in [0.25, 0.3) is 0 Å². The van der Waals surface area contributed by atoms with Gasteiger partial charge >= 0.3 is 0 Å². The van der Waals surface area contributed by atoms with Crippen molar-refractivity contribution in [3.05, 3.63) is 0 Å². The van der Waals surface area contributed by atoms with E-state index in [-0.39, 0.29) is 0 Å². The van der Waals surface area contributed by atoms with Gasteiger partial charge in [0, 0.05) is 0 Å². The van der Waals surface area contributed by atoms with Crippen molar-refractivity contribution in [1.82, 2.24) is 0 Å². The second kappa shape index (κ2) is 4.40. The highest BCUT2D eigenvalue weighted by Crippen LogP contribution is 2.27. The molecule has 0 aliphatic rings. The summed E-state index contributed by atoms with van der Waals surface area (Å²) in [7, 11) is 2.66. The first kappa shape index (κ1) is 5.40. The van der Waals surface area contributed by atoms with E-state index in [9.17, 15) is 0 Å². The van der Waals surface area contributed by atoms with E-state index >= 15 is 0 Å². The maximum absolute atomic E-state index is 3.72. The molecule has 4 heavy (non-hydrogen) atoms. The first-order valence-corrected chi connectivity index (χ1v) is 4.79. The first-order chi connectivity index (χ1) is 1.91. The molecule has 0 aromatic carbocycles. The van der Waals surface area contributed by atoms with Crippen molar-refractivity contribution >= 4 is 43.0 Å². The van der Waals surface area contributed by atoms with Crippen LogP contribution in [0.2, 0.25) is 0 Å². The lowest BCUT2D eigenvalue weighted by Gasteiger charge is -1.66. The van der Waals surface area contributed by atoms with Crippen LogP contribution in [-0.2, 0) is 0 Å². The minimum Gasteiger partial charge on any atom is -0.0989 e. The lowest BCUT2D eigenvalue weighted by molar-refractivity contribution is 5.97. The Labute approximate surface area is 43.1 Å². The molecule has 0 nitrogen and oxygen atoms in total. The monoisotopic (exact) mass is 130 g/mol. The van der Waals surface area contributed by atoms with Gasteiger partial charge in [-0.25, -0.2) is 0 Å². The van der Waals surface area contributed by atoms with Gasteiger partial charge in [0.05, 0.1) is 0 Å². The zero-order valence-corrected chi connectivity index (χ0v) is 5.13. The maximum Gasteiger partial charge on any atom is -0.0170 e. The fourth-order valence-corrected chi connectivity index (χ4v) is 0. The summed E-state index contributed by atoms with van der Waals surface area (Å²) in [6.07, 6.45) is 0. The summed E-state index contributed by atoms with van der Waals surface area (Å²) in [6, 6.07) is 0. The van der Waals surface area contributed by atoms with Gasteiger partial charge in [-0.05, 0) is 19.7 Å². The molecule has 26 valence electrons. The van der Waals surface area contributed by atoms with E-state index in [0.29, 0.717) is 0 Å². The predicted octanol–water partition coefficient (Wildman–Crippen LogP) is 2.06. The van der Waals surface area contributed by atoms with Crippen LogP contribution in [0, 0.1) is 0 Å². The van der Waals surface area contributed by atoms with E-state index in [0.717, 1.165) is 0 Å². The lowest BCUT2D eigenvalue weighted by Crippen LogP contribution is -0.969. The summed E-state index contributed by atoms with van der Waals surface area (Å²) in [4.78, 5) is 0. The molecule has 0 aliphatic heterocycles. The maximum atomic E-state index is 3.72. The fraction of sp³-hybridized carbons (Fsp3) is 0. The molecular weight excluding hydrogens is 128 g/mol. The molecule has 0 saturated carbocycles. The molecule has 0 unspecified atom stereocenters. The predicted molar refractivity (Wildman–Crippen MR) is 33.2 cm³/mol. The van der Waals surface area contributed by atoms with Crippen LogP contribution in [0.3, 0.4) is 0 Å². The van der Waals surface area contributed by atoms with E-state index in [4.69, 9.17) is 0 Å². The van der Waals surface area contributed by atoms with Crippen molar-refractivity contribution < 1.29 is 0 Å². The van der Waals surface area contributed by atoms with Crippen LogP contribution in [0.5, 0.6) is 0 Å². The van der Waals surface area contributed by atoms with E-state index in [1.165, 1.54) is 19.7 Å². The summed E-state index contributed by atoms with van der Waals surface area (Å²) in [5, 5.41) is 0. The molecule has 0 atom stereocenters. The summed E-state index contributed by atoms with van der Waals surface area (Å²) in [5.74, 6) is 0. The SMILES string of the molecule is SSSS. The Morgan fingerprint density at radius 1 is 1.00 bits per heavy atom.